The second kappa shape index (κ2) is 7.89. The predicted octanol–water partition coefficient (Wildman–Crippen LogP) is 1.86. The monoisotopic (exact) mass is 271 g/mol. The van der Waals surface area contributed by atoms with E-state index >= 15 is 0 Å². The minimum Gasteiger partial charge on any atom is -0.384 e. The second-order valence-corrected chi connectivity index (χ2v) is 4.21. The molecule has 0 radical (unpaired) electrons. The van der Waals surface area contributed by atoms with Crippen LogP contribution in [0.3, 0.4) is 0 Å². The number of nitrogen functional groups attached to an aromatic ring is 1. The fourth-order valence-electron chi connectivity index (χ4n) is 1.34. The zero-order chi connectivity index (χ0) is 13.4. The normalized spacial score (nSPS) is 10.3. The molecule has 18 heavy (non-hydrogen) atoms. The molecule has 1 aromatic heterocycles. The number of ether oxygens (including phenoxy) is 1. The zero-order valence-corrected chi connectivity index (χ0v) is 11.2. The number of hydrogen-bond acceptors (Lipinski definition) is 4. The summed E-state index contributed by atoms with van der Waals surface area (Å²) in [6, 6.07) is 2.96. The molecule has 0 aromatic carbocycles. The van der Waals surface area contributed by atoms with Gasteiger partial charge in [-0.05, 0) is 18.6 Å². The highest BCUT2D eigenvalue weighted by Gasteiger charge is 2.07. The minimum absolute atomic E-state index is 0.208. The Kier molecular flexibility index (Phi) is 6.46. The Labute approximate surface area is 112 Å². The number of aromatic nitrogens is 1. The van der Waals surface area contributed by atoms with Crippen LogP contribution in [0.15, 0.2) is 12.1 Å². The predicted molar refractivity (Wildman–Crippen MR) is 71.7 cm³/mol. The topological polar surface area (TPSA) is 77.2 Å². The van der Waals surface area contributed by atoms with E-state index in [0.29, 0.717) is 18.7 Å². The molecule has 0 aliphatic rings. The van der Waals surface area contributed by atoms with E-state index < -0.39 is 0 Å². The lowest BCUT2D eigenvalue weighted by atomic mass is 10.2. The largest absolute Gasteiger partial charge is 0.384 e. The van der Waals surface area contributed by atoms with Crippen LogP contribution in [0.25, 0.3) is 0 Å². The van der Waals surface area contributed by atoms with Crippen molar-refractivity contribution < 1.29 is 9.53 Å². The molecule has 0 aliphatic carbocycles. The van der Waals surface area contributed by atoms with Gasteiger partial charge in [0.25, 0.3) is 5.91 Å². The summed E-state index contributed by atoms with van der Waals surface area (Å²) in [4.78, 5) is 15.5. The molecule has 1 amide bonds. The SMILES string of the molecule is CCCCOCCNC(=O)c1cc(N)nc(Cl)c1. The third-order valence-corrected chi connectivity index (χ3v) is 2.44. The standard InChI is InChI=1S/C12H18ClN3O2/c1-2-3-5-18-6-4-15-12(17)9-7-10(13)16-11(14)8-9/h7-8H,2-6H2,1H3,(H2,14,16)(H,15,17). The average molecular weight is 272 g/mol. The van der Waals surface area contributed by atoms with Crippen LogP contribution < -0.4 is 11.1 Å². The van der Waals surface area contributed by atoms with Crippen LogP contribution in [-0.4, -0.2) is 30.6 Å². The van der Waals surface area contributed by atoms with Crippen LogP contribution in [0.2, 0.25) is 5.15 Å². The number of nitrogens with one attached hydrogen (secondary N) is 1. The molecule has 0 spiro atoms. The van der Waals surface area contributed by atoms with Crippen LogP contribution in [0.1, 0.15) is 30.1 Å². The van der Waals surface area contributed by atoms with Gasteiger partial charge in [-0.1, -0.05) is 24.9 Å². The average Bonchev–Trinajstić information content (AvgIpc) is 2.32. The van der Waals surface area contributed by atoms with E-state index in [1.165, 1.54) is 12.1 Å². The molecular formula is C12H18ClN3O2. The third kappa shape index (κ3) is 5.33. The van der Waals surface area contributed by atoms with Crippen LogP contribution >= 0.6 is 11.6 Å². The lowest BCUT2D eigenvalue weighted by molar-refractivity contribution is 0.0912. The fraction of sp³-hybridized carbons (Fsp3) is 0.500. The number of rotatable bonds is 7. The van der Waals surface area contributed by atoms with Gasteiger partial charge >= 0.3 is 0 Å². The van der Waals surface area contributed by atoms with E-state index in [0.717, 1.165) is 19.4 Å². The molecule has 0 atom stereocenters. The summed E-state index contributed by atoms with van der Waals surface area (Å²) < 4.78 is 5.33. The van der Waals surface area contributed by atoms with Gasteiger partial charge in [-0.15, -0.1) is 0 Å². The molecule has 100 valence electrons. The van der Waals surface area contributed by atoms with Crippen molar-refractivity contribution >= 4 is 23.3 Å². The van der Waals surface area contributed by atoms with Gasteiger partial charge in [0.1, 0.15) is 11.0 Å². The van der Waals surface area contributed by atoms with Gasteiger partial charge in [-0.3, -0.25) is 4.79 Å². The van der Waals surface area contributed by atoms with E-state index in [4.69, 9.17) is 22.1 Å². The van der Waals surface area contributed by atoms with Crippen molar-refractivity contribution in [3.63, 3.8) is 0 Å². The van der Waals surface area contributed by atoms with Crippen molar-refractivity contribution in [3.05, 3.63) is 22.8 Å². The molecular weight excluding hydrogens is 254 g/mol. The summed E-state index contributed by atoms with van der Waals surface area (Å²) >= 11 is 5.72. The van der Waals surface area contributed by atoms with E-state index in [1.54, 1.807) is 0 Å². The number of unbranched alkanes of at least 4 members (excludes halogenated alkanes) is 1. The Bertz CT molecular complexity index is 379. The summed E-state index contributed by atoms with van der Waals surface area (Å²) in [5.41, 5.74) is 5.91. The van der Waals surface area contributed by atoms with Crippen LogP contribution in [0.4, 0.5) is 5.82 Å². The number of anilines is 1. The molecule has 1 rings (SSSR count). The summed E-state index contributed by atoms with van der Waals surface area (Å²) in [7, 11) is 0. The van der Waals surface area contributed by atoms with Gasteiger partial charge in [0, 0.05) is 18.7 Å². The van der Waals surface area contributed by atoms with Crippen molar-refractivity contribution in [1.29, 1.82) is 0 Å². The highest BCUT2D eigenvalue weighted by Crippen LogP contribution is 2.11. The smallest absolute Gasteiger partial charge is 0.251 e. The molecule has 0 bridgehead atoms. The second-order valence-electron chi connectivity index (χ2n) is 3.83. The number of hydrogen-bond donors (Lipinski definition) is 2. The Morgan fingerprint density at radius 1 is 1.50 bits per heavy atom. The first-order chi connectivity index (χ1) is 8.63. The van der Waals surface area contributed by atoms with Gasteiger partial charge in [0.2, 0.25) is 0 Å². The van der Waals surface area contributed by atoms with Crippen molar-refractivity contribution in [2.45, 2.75) is 19.8 Å². The van der Waals surface area contributed by atoms with Crippen LogP contribution in [0, 0.1) is 0 Å². The molecule has 1 heterocycles. The van der Waals surface area contributed by atoms with Gasteiger partial charge < -0.3 is 15.8 Å². The van der Waals surface area contributed by atoms with Gasteiger partial charge in [0.05, 0.1) is 6.61 Å². The third-order valence-electron chi connectivity index (χ3n) is 2.25. The molecule has 0 unspecified atom stereocenters. The number of nitrogens with two attached hydrogens (primary N) is 1. The maximum Gasteiger partial charge on any atom is 0.251 e. The Balaban J connectivity index is 2.32. The van der Waals surface area contributed by atoms with E-state index in [1.807, 2.05) is 0 Å². The highest BCUT2D eigenvalue weighted by atomic mass is 35.5. The van der Waals surface area contributed by atoms with Crippen LogP contribution in [0.5, 0.6) is 0 Å². The number of carbonyl (C=O) groups excluding carboxylic acids is 1. The van der Waals surface area contributed by atoms with Gasteiger partial charge in [-0.2, -0.15) is 0 Å². The maximum atomic E-state index is 11.7. The molecule has 3 N–H and O–H groups in total. The number of carbonyl (C=O) groups is 1. The van der Waals surface area contributed by atoms with Crippen molar-refractivity contribution in [2.24, 2.45) is 0 Å². The van der Waals surface area contributed by atoms with Crippen molar-refractivity contribution in [3.8, 4) is 0 Å². The van der Waals surface area contributed by atoms with Crippen molar-refractivity contribution in [2.75, 3.05) is 25.5 Å². The fourth-order valence-corrected chi connectivity index (χ4v) is 1.55. The van der Waals surface area contributed by atoms with Crippen LogP contribution in [-0.2, 0) is 4.74 Å². The Morgan fingerprint density at radius 2 is 2.28 bits per heavy atom. The summed E-state index contributed by atoms with van der Waals surface area (Å²) in [6.45, 7) is 3.78. The maximum absolute atomic E-state index is 11.7. The summed E-state index contributed by atoms with van der Waals surface area (Å²) in [5.74, 6) is -0.00284. The summed E-state index contributed by atoms with van der Waals surface area (Å²) in [6.07, 6.45) is 2.13. The molecule has 0 saturated heterocycles. The molecule has 0 saturated carbocycles. The Morgan fingerprint density at radius 3 is 2.94 bits per heavy atom. The quantitative estimate of drug-likeness (QED) is 0.586. The molecule has 5 nitrogen and oxygen atoms in total. The first-order valence-electron chi connectivity index (χ1n) is 5.92. The molecule has 0 fully saturated rings. The zero-order valence-electron chi connectivity index (χ0n) is 10.4. The lowest BCUT2D eigenvalue weighted by Gasteiger charge is -2.06. The molecule has 0 aliphatic heterocycles. The number of pyridine rings is 1. The van der Waals surface area contributed by atoms with E-state index in [2.05, 4.69) is 17.2 Å². The van der Waals surface area contributed by atoms with E-state index in [9.17, 15) is 4.79 Å². The number of nitrogens with zero attached hydrogens (tertiary/aromatic N) is 1. The van der Waals surface area contributed by atoms with Crippen molar-refractivity contribution in [1.82, 2.24) is 10.3 Å². The highest BCUT2D eigenvalue weighted by molar-refractivity contribution is 6.29. The summed E-state index contributed by atoms with van der Waals surface area (Å²) in [5, 5.41) is 2.93. The first-order valence-corrected chi connectivity index (χ1v) is 6.30. The first kappa shape index (κ1) is 14.7. The number of amides is 1. The van der Waals surface area contributed by atoms with E-state index in [-0.39, 0.29) is 16.9 Å². The lowest BCUT2D eigenvalue weighted by Crippen LogP contribution is -2.27. The Hall–Kier alpha value is -1.33. The molecule has 1 aromatic rings. The minimum atomic E-state index is -0.231. The van der Waals surface area contributed by atoms with Gasteiger partial charge in [0.15, 0.2) is 0 Å². The molecule has 6 heteroatoms. The number of halogens is 1. The van der Waals surface area contributed by atoms with Gasteiger partial charge in [-0.25, -0.2) is 4.98 Å².